The van der Waals surface area contributed by atoms with Gasteiger partial charge in [-0.15, -0.1) is 0 Å². The molecular formula is C9H9NO3. The van der Waals surface area contributed by atoms with E-state index in [0.717, 1.165) is 5.56 Å². The highest BCUT2D eigenvalue weighted by Crippen LogP contribution is 2.23. The molecule has 0 radical (unpaired) electrons. The third kappa shape index (κ3) is 2.32. The van der Waals surface area contributed by atoms with E-state index in [1.54, 1.807) is 6.07 Å². The number of carbonyl (C=O) groups excluding carboxylic acids is 1. The second-order valence-corrected chi connectivity index (χ2v) is 2.40. The predicted molar refractivity (Wildman–Crippen MR) is 46.5 cm³/mol. The van der Waals surface area contributed by atoms with Crippen LogP contribution in [0.1, 0.15) is 5.56 Å². The van der Waals surface area contributed by atoms with Gasteiger partial charge in [-0.05, 0) is 12.1 Å². The van der Waals surface area contributed by atoms with Crippen molar-refractivity contribution < 1.29 is 14.6 Å². The highest BCUT2D eigenvalue weighted by atomic mass is 16.5. The van der Waals surface area contributed by atoms with E-state index in [4.69, 9.17) is 9.84 Å². The minimum atomic E-state index is 0.121. The Hall–Kier alpha value is -1.80. The minimum absolute atomic E-state index is 0.121. The van der Waals surface area contributed by atoms with Crippen LogP contribution in [-0.2, 0) is 11.3 Å². The molecular weight excluding hydrogens is 170 g/mol. The summed E-state index contributed by atoms with van der Waals surface area (Å²) in [6.07, 6.45) is 1.44. The number of isocyanates is 1. The van der Waals surface area contributed by atoms with Gasteiger partial charge in [0.25, 0.3) is 0 Å². The molecule has 0 aliphatic carbocycles. The third-order valence-corrected chi connectivity index (χ3v) is 1.58. The number of hydrogen-bond acceptors (Lipinski definition) is 4. The van der Waals surface area contributed by atoms with Gasteiger partial charge in [-0.3, -0.25) is 0 Å². The molecule has 0 heterocycles. The van der Waals surface area contributed by atoms with Gasteiger partial charge in [0.2, 0.25) is 6.08 Å². The average molecular weight is 179 g/mol. The highest BCUT2D eigenvalue weighted by molar-refractivity contribution is 5.41. The molecule has 68 valence electrons. The molecule has 1 N–H and O–H groups in total. The molecule has 0 aliphatic heterocycles. The molecule has 0 saturated carbocycles. The van der Waals surface area contributed by atoms with Crippen LogP contribution >= 0.6 is 0 Å². The Balaban J connectivity index is 2.98. The van der Waals surface area contributed by atoms with Crippen molar-refractivity contribution in [3.8, 4) is 11.5 Å². The number of hydrogen-bond donors (Lipinski definition) is 1. The molecule has 0 unspecified atom stereocenters. The first-order valence-electron chi connectivity index (χ1n) is 3.67. The molecule has 1 aromatic carbocycles. The number of methoxy groups -OCH3 is 1. The lowest BCUT2D eigenvalue weighted by atomic mass is 10.2. The van der Waals surface area contributed by atoms with Crippen LogP contribution in [0.4, 0.5) is 0 Å². The largest absolute Gasteiger partial charge is 0.508 e. The van der Waals surface area contributed by atoms with Crippen molar-refractivity contribution in [1.82, 2.24) is 0 Å². The van der Waals surface area contributed by atoms with E-state index in [2.05, 4.69) is 4.99 Å². The van der Waals surface area contributed by atoms with Gasteiger partial charge in [-0.1, -0.05) is 0 Å². The van der Waals surface area contributed by atoms with Crippen LogP contribution in [0.5, 0.6) is 11.5 Å². The van der Waals surface area contributed by atoms with Crippen molar-refractivity contribution in [2.75, 3.05) is 7.11 Å². The lowest BCUT2D eigenvalue weighted by Gasteiger charge is -2.05. The maximum absolute atomic E-state index is 9.86. The minimum Gasteiger partial charge on any atom is -0.508 e. The number of nitrogens with zero attached hydrogens (tertiary/aromatic N) is 1. The van der Waals surface area contributed by atoms with Crippen molar-refractivity contribution in [2.45, 2.75) is 6.54 Å². The smallest absolute Gasteiger partial charge is 0.235 e. The van der Waals surface area contributed by atoms with Gasteiger partial charge in [0.1, 0.15) is 11.5 Å². The standard InChI is InChI=1S/C9H9NO3/c1-13-9-4-8(12)3-2-7(9)5-10-6-11/h2-4,12H,5H2,1H3. The molecule has 1 aromatic rings. The molecule has 4 heteroatoms. The van der Waals surface area contributed by atoms with Crippen LogP contribution in [0.2, 0.25) is 0 Å². The number of aliphatic imine (C=N–C) groups is 1. The van der Waals surface area contributed by atoms with Crippen molar-refractivity contribution in [2.24, 2.45) is 4.99 Å². The average Bonchev–Trinajstić information content (AvgIpc) is 2.16. The zero-order valence-corrected chi connectivity index (χ0v) is 7.15. The summed E-state index contributed by atoms with van der Waals surface area (Å²) in [5.41, 5.74) is 0.739. The monoisotopic (exact) mass is 179 g/mol. The summed E-state index contributed by atoms with van der Waals surface area (Å²) in [6.45, 7) is 0.215. The second kappa shape index (κ2) is 4.28. The molecule has 0 aliphatic rings. The fourth-order valence-electron chi connectivity index (χ4n) is 0.981. The molecule has 0 amide bonds. The molecule has 4 nitrogen and oxygen atoms in total. The zero-order valence-electron chi connectivity index (χ0n) is 7.15. The molecule has 0 fully saturated rings. The van der Waals surface area contributed by atoms with E-state index >= 15 is 0 Å². The third-order valence-electron chi connectivity index (χ3n) is 1.58. The Kier molecular flexibility index (Phi) is 3.06. The first-order chi connectivity index (χ1) is 6.27. The number of ether oxygens (including phenoxy) is 1. The summed E-state index contributed by atoms with van der Waals surface area (Å²) in [4.78, 5) is 13.3. The Morgan fingerprint density at radius 3 is 3.00 bits per heavy atom. The van der Waals surface area contributed by atoms with Gasteiger partial charge in [0.05, 0.1) is 13.7 Å². The topological polar surface area (TPSA) is 58.9 Å². The summed E-state index contributed by atoms with van der Waals surface area (Å²) < 4.78 is 4.97. The first kappa shape index (κ1) is 9.29. The summed E-state index contributed by atoms with van der Waals surface area (Å²) in [7, 11) is 1.49. The highest BCUT2D eigenvalue weighted by Gasteiger charge is 2.02. The lowest BCUT2D eigenvalue weighted by Crippen LogP contribution is -1.90. The Morgan fingerprint density at radius 2 is 2.38 bits per heavy atom. The van der Waals surface area contributed by atoms with Gasteiger partial charge in [-0.2, -0.15) is 0 Å². The molecule has 13 heavy (non-hydrogen) atoms. The molecule has 0 atom stereocenters. The van der Waals surface area contributed by atoms with Crippen LogP contribution in [0.25, 0.3) is 0 Å². The van der Waals surface area contributed by atoms with Crippen molar-refractivity contribution >= 4 is 6.08 Å². The molecule has 1 rings (SSSR count). The van der Waals surface area contributed by atoms with E-state index < -0.39 is 0 Å². The fraction of sp³-hybridized carbons (Fsp3) is 0.222. The van der Waals surface area contributed by atoms with Crippen molar-refractivity contribution in [3.05, 3.63) is 23.8 Å². The van der Waals surface area contributed by atoms with Gasteiger partial charge in [-0.25, -0.2) is 9.79 Å². The van der Waals surface area contributed by atoms with Gasteiger partial charge in [0, 0.05) is 11.6 Å². The van der Waals surface area contributed by atoms with Crippen molar-refractivity contribution in [3.63, 3.8) is 0 Å². The molecule has 0 aromatic heterocycles. The first-order valence-corrected chi connectivity index (χ1v) is 3.67. The van der Waals surface area contributed by atoms with Crippen LogP contribution in [0, 0.1) is 0 Å². The van der Waals surface area contributed by atoms with E-state index in [0.29, 0.717) is 5.75 Å². The summed E-state index contributed by atoms with van der Waals surface area (Å²) in [5, 5.41) is 9.11. The molecule has 0 saturated heterocycles. The van der Waals surface area contributed by atoms with Gasteiger partial charge >= 0.3 is 0 Å². The molecule has 0 bridgehead atoms. The van der Waals surface area contributed by atoms with Crippen LogP contribution in [0.3, 0.4) is 0 Å². The number of rotatable bonds is 3. The Labute approximate surface area is 75.5 Å². The SMILES string of the molecule is COc1cc(O)ccc1CN=C=O. The number of benzene rings is 1. The second-order valence-electron chi connectivity index (χ2n) is 2.40. The van der Waals surface area contributed by atoms with Gasteiger partial charge < -0.3 is 9.84 Å². The number of phenolic OH excluding ortho intramolecular Hbond substituents is 1. The Bertz CT molecular complexity index is 343. The summed E-state index contributed by atoms with van der Waals surface area (Å²) in [6, 6.07) is 4.63. The Morgan fingerprint density at radius 1 is 1.62 bits per heavy atom. The predicted octanol–water partition coefficient (Wildman–Crippen LogP) is 1.24. The fourth-order valence-corrected chi connectivity index (χ4v) is 0.981. The maximum atomic E-state index is 9.86. The van der Waals surface area contributed by atoms with Crippen molar-refractivity contribution in [1.29, 1.82) is 0 Å². The zero-order chi connectivity index (χ0) is 9.68. The molecule has 0 spiro atoms. The number of phenols is 1. The van der Waals surface area contributed by atoms with E-state index in [-0.39, 0.29) is 12.3 Å². The normalized spacial score (nSPS) is 9.00. The lowest BCUT2D eigenvalue weighted by molar-refractivity contribution is 0.403. The van der Waals surface area contributed by atoms with Crippen LogP contribution in [-0.4, -0.2) is 18.3 Å². The van der Waals surface area contributed by atoms with E-state index in [1.165, 1.54) is 25.3 Å². The maximum Gasteiger partial charge on any atom is 0.235 e. The van der Waals surface area contributed by atoms with Crippen LogP contribution in [0.15, 0.2) is 23.2 Å². The van der Waals surface area contributed by atoms with E-state index in [9.17, 15) is 4.79 Å². The van der Waals surface area contributed by atoms with Gasteiger partial charge in [0.15, 0.2) is 0 Å². The summed E-state index contributed by atoms with van der Waals surface area (Å²) >= 11 is 0. The van der Waals surface area contributed by atoms with Crippen LogP contribution < -0.4 is 4.74 Å². The summed E-state index contributed by atoms with van der Waals surface area (Å²) in [5.74, 6) is 0.634. The quantitative estimate of drug-likeness (QED) is 0.561. The number of aromatic hydroxyl groups is 1. The van der Waals surface area contributed by atoms with E-state index in [1.807, 2.05) is 0 Å².